The predicted octanol–water partition coefficient (Wildman–Crippen LogP) is 2.80. The lowest BCUT2D eigenvalue weighted by Crippen LogP contribution is -1.92. The fraction of sp³-hybridized carbons (Fsp3) is 0.250. The molecule has 0 amide bonds. The number of nitro benzene ring substituents is 1. The van der Waals surface area contributed by atoms with E-state index in [4.69, 9.17) is 0 Å². The highest BCUT2D eigenvalue weighted by molar-refractivity contribution is 5.86. The fourth-order valence-electron chi connectivity index (χ4n) is 1.75. The number of aryl methyl sites for hydroxylation is 1. The van der Waals surface area contributed by atoms with Gasteiger partial charge in [-0.05, 0) is 12.5 Å². The van der Waals surface area contributed by atoms with Crippen LogP contribution in [0.4, 0.5) is 5.69 Å². The molecular weight excluding hydrogens is 220 g/mol. The zero-order valence-corrected chi connectivity index (χ0v) is 9.38. The minimum absolute atomic E-state index is 0.0437. The first-order chi connectivity index (χ1) is 8.11. The number of rotatable bonds is 3. The van der Waals surface area contributed by atoms with Crippen LogP contribution in [0.3, 0.4) is 0 Å². The van der Waals surface area contributed by atoms with Gasteiger partial charge in [0.2, 0.25) is 0 Å². The summed E-state index contributed by atoms with van der Waals surface area (Å²) >= 11 is 0. The molecular formula is C12H12N2O3. The Morgan fingerprint density at radius 1 is 1.41 bits per heavy atom. The second-order valence-electron chi connectivity index (χ2n) is 3.84. The number of fused-ring (bicyclic) bond motifs is 1. The van der Waals surface area contributed by atoms with Gasteiger partial charge in [0.25, 0.3) is 5.69 Å². The molecule has 1 aromatic heterocycles. The Morgan fingerprint density at radius 3 is 2.82 bits per heavy atom. The molecule has 1 heterocycles. The van der Waals surface area contributed by atoms with Crippen LogP contribution in [0.25, 0.3) is 10.9 Å². The molecule has 0 atom stereocenters. The Kier molecular flexibility index (Phi) is 2.91. The molecule has 17 heavy (non-hydrogen) atoms. The molecule has 88 valence electrons. The number of pyridine rings is 1. The zero-order chi connectivity index (χ0) is 12.4. The monoisotopic (exact) mass is 232 g/mol. The van der Waals surface area contributed by atoms with Crippen molar-refractivity contribution in [2.75, 3.05) is 0 Å². The summed E-state index contributed by atoms with van der Waals surface area (Å²) in [5.41, 5.74) is 1.34. The van der Waals surface area contributed by atoms with Gasteiger partial charge in [-0.2, -0.15) is 0 Å². The largest absolute Gasteiger partial charge is 0.507 e. The van der Waals surface area contributed by atoms with Crippen LogP contribution >= 0.6 is 0 Å². The maximum absolute atomic E-state index is 10.6. The fourth-order valence-corrected chi connectivity index (χ4v) is 1.75. The Morgan fingerprint density at radius 2 is 2.18 bits per heavy atom. The maximum atomic E-state index is 10.6. The van der Waals surface area contributed by atoms with Gasteiger partial charge in [0.15, 0.2) is 0 Å². The van der Waals surface area contributed by atoms with E-state index in [1.165, 1.54) is 12.1 Å². The molecule has 0 aliphatic rings. The molecule has 2 aromatic rings. The second kappa shape index (κ2) is 4.37. The predicted molar refractivity (Wildman–Crippen MR) is 64.1 cm³/mol. The molecule has 0 bridgehead atoms. The Bertz CT molecular complexity index is 581. The average molecular weight is 232 g/mol. The highest BCUT2D eigenvalue weighted by atomic mass is 16.6. The van der Waals surface area contributed by atoms with Crippen molar-refractivity contribution in [2.24, 2.45) is 0 Å². The van der Waals surface area contributed by atoms with E-state index >= 15 is 0 Å². The van der Waals surface area contributed by atoms with Gasteiger partial charge >= 0.3 is 0 Å². The van der Waals surface area contributed by atoms with Gasteiger partial charge in [-0.25, -0.2) is 0 Å². The number of aromatic nitrogens is 1. The standard InChI is InChI=1S/C12H12N2O3/c1-2-3-8-6-12(15)10-7-9(14(16)17)4-5-11(10)13-8/h4-7H,2-3H2,1H3,(H,13,15). The molecule has 0 aliphatic carbocycles. The lowest BCUT2D eigenvalue weighted by atomic mass is 10.1. The first-order valence-electron chi connectivity index (χ1n) is 5.39. The molecule has 1 N–H and O–H groups in total. The van der Waals surface area contributed by atoms with Gasteiger partial charge in [-0.15, -0.1) is 0 Å². The van der Waals surface area contributed by atoms with Crippen molar-refractivity contribution < 1.29 is 10.0 Å². The van der Waals surface area contributed by atoms with Crippen LogP contribution in [0.5, 0.6) is 5.75 Å². The smallest absolute Gasteiger partial charge is 0.270 e. The summed E-state index contributed by atoms with van der Waals surface area (Å²) in [4.78, 5) is 14.5. The molecule has 2 rings (SSSR count). The minimum atomic E-state index is -0.487. The summed E-state index contributed by atoms with van der Waals surface area (Å²) in [6.07, 6.45) is 1.71. The number of aromatic hydroxyl groups is 1. The summed E-state index contributed by atoms with van der Waals surface area (Å²) < 4.78 is 0. The van der Waals surface area contributed by atoms with E-state index in [9.17, 15) is 15.2 Å². The SMILES string of the molecule is CCCc1cc(O)c2cc([N+](=O)[O-])ccc2n1. The highest BCUT2D eigenvalue weighted by Gasteiger charge is 2.10. The van der Waals surface area contributed by atoms with Crippen molar-refractivity contribution in [3.8, 4) is 5.75 Å². The summed E-state index contributed by atoms with van der Waals surface area (Å²) in [5, 5.41) is 20.9. The summed E-state index contributed by atoms with van der Waals surface area (Å²) in [7, 11) is 0. The van der Waals surface area contributed by atoms with Crippen molar-refractivity contribution >= 4 is 16.6 Å². The van der Waals surface area contributed by atoms with Gasteiger partial charge in [0.05, 0.1) is 10.4 Å². The summed E-state index contributed by atoms with van der Waals surface area (Å²) in [5.74, 6) is 0.0437. The van der Waals surface area contributed by atoms with Gasteiger partial charge in [-0.3, -0.25) is 15.1 Å². The van der Waals surface area contributed by atoms with Crippen molar-refractivity contribution in [1.29, 1.82) is 0 Å². The third-order valence-electron chi connectivity index (χ3n) is 2.54. The number of hydrogen-bond acceptors (Lipinski definition) is 4. The van der Waals surface area contributed by atoms with Crippen molar-refractivity contribution in [1.82, 2.24) is 4.98 Å². The van der Waals surface area contributed by atoms with Crippen LogP contribution in [0, 0.1) is 10.1 Å². The third kappa shape index (κ3) is 2.18. The number of nitrogens with zero attached hydrogens (tertiary/aromatic N) is 2. The van der Waals surface area contributed by atoms with Crippen LogP contribution in [0.15, 0.2) is 24.3 Å². The molecule has 1 aromatic carbocycles. The van der Waals surface area contributed by atoms with E-state index in [2.05, 4.69) is 4.98 Å². The Balaban J connectivity index is 2.60. The lowest BCUT2D eigenvalue weighted by molar-refractivity contribution is -0.384. The Hall–Kier alpha value is -2.17. The second-order valence-corrected chi connectivity index (χ2v) is 3.84. The van der Waals surface area contributed by atoms with Gasteiger partial charge in [0.1, 0.15) is 5.75 Å². The lowest BCUT2D eigenvalue weighted by Gasteiger charge is -2.04. The van der Waals surface area contributed by atoms with Crippen LogP contribution < -0.4 is 0 Å². The van der Waals surface area contributed by atoms with Crippen LogP contribution in [0.2, 0.25) is 0 Å². The van der Waals surface area contributed by atoms with Crippen molar-refractivity contribution in [2.45, 2.75) is 19.8 Å². The number of benzene rings is 1. The van der Waals surface area contributed by atoms with E-state index in [0.29, 0.717) is 10.9 Å². The van der Waals surface area contributed by atoms with Crippen molar-refractivity contribution in [3.63, 3.8) is 0 Å². The van der Waals surface area contributed by atoms with Gasteiger partial charge in [0, 0.05) is 29.3 Å². The molecule has 0 fully saturated rings. The summed E-state index contributed by atoms with van der Waals surface area (Å²) in [6, 6.07) is 5.86. The molecule has 0 unspecified atom stereocenters. The van der Waals surface area contributed by atoms with Crippen molar-refractivity contribution in [3.05, 3.63) is 40.1 Å². The van der Waals surface area contributed by atoms with E-state index in [0.717, 1.165) is 18.5 Å². The first kappa shape index (κ1) is 11.3. The average Bonchev–Trinajstić information content (AvgIpc) is 2.29. The van der Waals surface area contributed by atoms with E-state index < -0.39 is 4.92 Å². The van der Waals surface area contributed by atoms with E-state index in [1.807, 2.05) is 6.92 Å². The number of non-ortho nitro benzene ring substituents is 1. The molecule has 0 saturated heterocycles. The summed E-state index contributed by atoms with van der Waals surface area (Å²) in [6.45, 7) is 2.03. The number of nitro groups is 1. The molecule has 0 radical (unpaired) electrons. The minimum Gasteiger partial charge on any atom is -0.507 e. The van der Waals surface area contributed by atoms with E-state index in [1.54, 1.807) is 12.1 Å². The van der Waals surface area contributed by atoms with Crippen LogP contribution in [0.1, 0.15) is 19.0 Å². The number of hydrogen-bond donors (Lipinski definition) is 1. The quantitative estimate of drug-likeness (QED) is 0.652. The van der Waals surface area contributed by atoms with Crippen LogP contribution in [-0.4, -0.2) is 15.0 Å². The van der Waals surface area contributed by atoms with Gasteiger partial charge in [-0.1, -0.05) is 13.3 Å². The molecule has 5 heteroatoms. The first-order valence-corrected chi connectivity index (χ1v) is 5.39. The Labute approximate surface area is 97.9 Å². The zero-order valence-electron chi connectivity index (χ0n) is 9.38. The molecule has 0 aliphatic heterocycles. The normalized spacial score (nSPS) is 10.6. The topological polar surface area (TPSA) is 76.3 Å². The van der Waals surface area contributed by atoms with Gasteiger partial charge < -0.3 is 5.11 Å². The molecule has 5 nitrogen and oxygen atoms in total. The van der Waals surface area contributed by atoms with Crippen LogP contribution in [-0.2, 0) is 6.42 Å². The maximum Gasteiger partial charge on any atom is 0.270 e. The van der Waals surface area contributed by atoms with E-state index in [-0.39, 0.29) is 11.4 Å². The molecule has 0 spiro atoms. The molecule has 0 saturated carbocycles. The third-order valence-corrected chi connectivity index (χ3v) is 2.54. The highest BCUT2D eigenvalue weighted by Crippen LogP contribution is 2.28.